The number of fused-ring (bicyclic) bond motifs is 1. The van der Waals surface area contributed by atoms with Crippen LogP contribution in [-0.4, -0.2) is 30.8 Å². The molecule has 6 heteroatoms. The van der Waals surface area contributed by atoms with Crippen molar-refractivity contribution in [1.82, 2.24) is 10.2 Å². The number of likely N-dealkylation sites (tertiary alicyclic amines) is 1. The van der Waals surface area contributed by atoms with E-state index < -0.39 is 0 Å². The summed E-state index contributed by atoms with van der Waals surface area (Å²) in [5, 5.41) is 3.67. The van der Waals surface area contributed by atoms with Crippen molar-refractivity contribution in [3.8, 4) is 11.5 Å². The van der Waals surface area contributed by atoms with Gasteiger partial charge in [-0.15, -0.1) is 0 Å². The van der Waals surface area contributed by atoms with Crippen LogP contribution in [-0.2, 0) is 6.54 Å². The van der Waals surface area contributed by atoms with Gasteiger partial charge in [0.2, 0.25) is 6.79 Å². The maximum atomic E-state index is 12.4. The molecule has 1 saturated heterocycles. The van der Waals surface area contributed by atoms with Gasteiger partial charge in [-0.3, -0.25) is 0 Å². The second-order valence-electron chi connectivity index (χ2n) is 6.33. The van der Waals surface area contributed by atoms with E-state index in [4.69, 9.17) is 21.1 Å². The number of nitrogens with zero attached hydrogens (tertiary/aromatic N) is 1. The molecular formula is C19H19ClN2O3. The van der Waals surface area contributed by atoms with Crippen LogP contribution in [0.2, 0.25) is 5.02 Å². The summed E-state index contributed by atoms with van der Waals surface area (Å²) in [6.45, 7) is 2.25. The Balaban J connectivity index is 1.34. The molecule has 1 unspecified atom stereocenters. The molecule has 2 heterocycles. The highest BCUT2D eigenvalue weighted by atomic mass is 35.5. The first-order valence-corrected chi connectivity index (χ1v) is 8.73. The Bertz CT molecular complexity index is 779. The third-order valence-electron chi connectivity index (χ3n) is 4.70. The summed E-state index contributed by atoms with van der Waals surface area (Å²) >= 11 is 5.88. The standard InChI is InChI=1S/C19H19ClN2O3/c20-16-4-1-13(2-5-16)10-21-19(23)22-8-7-15(11-22)14-3-6-17-18(9-14)25-12-24-17/h1-6,9,15H,7-8,10-12H2,(H,21,23). The van der Waals surface area contributed by atoms with Crippen LogP contribution in [0, 0.1) is 0 Å². The number of amides is 2. The molecule has 1 fully saturated rings. The third kappa shape index (κ3) is 3.51. The number of hydrogen-bond donors (Lipinski definition) is 1. The van der Waals surface area contributed by atoms with E-state index in [1.54, 1.807) is 0 Å². The van der Waals surface area contributed by atoms with Gasteiger partial charge in [0.15, 0.2) is 11.5 Å². The zero-order chi connectivity index (χ0) is 17.2. The molecule has 2 aromatic rings. The van der Waals surface area contributed by atoms with Gasteiger partial charge in [-0.25, -0.2) is 4.79 Å². The lowest BCUT2D eigenvalue weighted by Crippen LogP contribution is -2.37. The molecule has 0 saturated carbocycles. The summed E-state index contributed by atoms with van der Waals surface area (Å²) in [6.07, 6.45) is 0.952. The number of carbonyl (C=O) groups excluding carboxylic acids is 1. The first-order chi connectivity index (χ1) is 12.2. The first-order valence-electron chi connectivity index (χ1n) is 8.36. The topological polar surface area (TPSA) is 50.8 Å². The molecule has 2 aromatic carbocycles. The summed E-state index contributed by atoms with van der Waals surface area (Å²) in [4.78, 5) is 14.3. The third-order valence-corrected chi connectivity index (χ3v) is 4.95. The van der Waals surface area contributed by atoms with Gasteiger partial charge >= 0.3 is 6.03 Å². The Morgan fingerprint density at radius 3 is 2.80 bits per heavy atom. The van der Waals surface area contributed by atoms with E-state index in [2.05, 4.69) is 11.4 Å². The van der Waals surface area contributed by atoms with Crippen LogP contribution in [0.4, 0.5) is 4.79 Å². The average molecular weight is 359 g/mol. The van der Waals surface area contributed by atoms with Crippen molar-refractivity contribution in [3.63, 3.8) is 0 Å². The van der Waals surface area contributed by atoms with Crippen LogP contribution in [0.25, 0.3) is 0 Å². The molecule has 2 aliphatic heterocycles. The van der Waals surface area contributed by atoms with Gasteiger partial charge in [0.25, 0.3) is 0 Å². The number of halogens is 1. The normalized spacial score (nSPS) is 18.4. The number of ether oxygens (including phenoxy) is 2. The Morgan fingerprint density at radius 2 is 1.96 bits per heavy atom. The van der Waals surface area contributed by atoms with Gasteiger partial charge in [-0.2, -0.15) is 0 Å². The van der Waals surface area contributed by atoms with Gasteiger partial charge in [0.1, 0.15) is 0 Å². The summed E-state index contributed by atoms with van der Waals surface area (Å²) < 4.78 is 10.8. The Morgan fingerprint density at radius 1 is 1.16 bits per heavy atom. The summed E-state index contributed by atoms with van der Waals surface area (Å²) in [6, 6.07) is 13.5. The zero-order valence-electron chi connectivity index (χ0n) is 13.7. The van der Waals surface area contributed by atoms with Crippen molar-refractivity contribution in [2.75, 3.05) is 19.9 Å². The van der Waals surface area contributed by atoms with E-state index in [0.717, 1.165) is 30.0 Å². The van der Waals surface area contributed by atoms with Crippen LogP contribution >= 0.6 is 11.6 Å². The second kappa shape index (κ2) is 6.84. The molecule has 1 N–H and O–H groups in total. The Labute approximate surface area is 151 Å². The van der Waals surface area contributed by atoms with Crippen LogP contribution in [0.1, 0.15) is 23.5 Å². The maximum absolute atomic E-state index is 12.4. The number of benzene rings is 2. The van der Waals surface area contributed by atoms with Crippen molar-refractivity contribution < 1.29 is 14.3 Å². The fraction of sp³-hybridized carbons (Fsp3) is 0.316. The Kier molecular flexibility index (Phi) is 4.40. The van der Waals surface area contributed by atoms with E-state index in [1.165, 1.54) is 5.56 Å². The largest absolute Gasteiger partial charge is 0.454 e. The van der Waals surface area contributed by atoms with Crippen molar-refractivity contribution in [3.05, 3.63) is 58.6 Å². The molecule has 0 spiro atoms. The van der Waals surface area contributed by atoms with Crippen molar-refractivity contribution >= 4 is 17.6 Å². The molecule has 0 aliphatic carbocycles. The number of urea groups is 1. The molecule has 0 radical (unpaired) electrons. The highest BCUT2D eigenvalue weighted by Gasteiger charge is 2.28. The van der Waals surface area contributed by atoms with Crippen LogP contribution < -0.4 is 14.8 Å². The molecule has 2 amide bonds. The molecule has 4 rings (SSSR count). The van der Waals surface area contributed by atoms with Gasteiger partial charge in [0, 0.05) is 30.6 Å². The van der Waals surface area contributed by atoms with Crippen molar-refractivity contribution in [1.29, 1.82) is 0 Å². The number of nitrogens with one attached hydrogen (secondary N) is 1. The first kappa shape index (κ1) is 16.1. The summed E-state index contributed by atoms with van der Waals surface area (Å²) in [7, 11) is 0. The fourth-order valence-electron chi connectivity index (χ4n) is 3.28. The zero-order valence-corrected chi connectivity index (χ0v) is 14.5. The molecule has 1 atom stereocenters. The van der Waals surface area contributed by atoms with Crippen molar-refractivity contribution in [2.45, 2.75) is 18.9 Å². The van der Waals surface area contributed by atoms with Crippen LogP contribution in [0.15, 0.2) is 42.5 Å². The molecule has 25 heavy (non-hydrogen) atoms. The molecule has 2 aliphatic rings. The Hall–Kier alpha value is -2.40. The van der Waals surface area contributed by atoms with E-state index in [-0.39, 0.29) is 12.8 Å². The fourth-order valence-corrected chi connectivity index (χ4v) is 3.40. The van der Waals surface area contributed by atoms with Crippen LogP contribution in [0.5, 0.6) is 11.5 Å². The lowest BCUT2D eigenvalue weighted by molar-refractivity contribution is 0.174. The summed E-state index contributed by atoms with van der Waals surface area (Å²) in [5.74, 6) is 1.92. The van der Waals surface area contributed by atoms with E-state index in [0.29, 0.717) is 24.0 Å². The molecular weight excluding hydrogens is 340 g/mol. The van der Waals surface area contributed by atoms with E-state index in [1.807, 2.05) is 41.3 Å². The van der Waals surface area contributed by atoms with Crippen LogP contribution in [0.3, 0.4) is 0 Å². The minimum Gasteiger partial charge on any atom is -0.454 e. The van der Waals surface area contributed by atoms with Crippen molar-refractivity contribution in [2.24, 2.45) is 0 Å². The predicted octanol–water partition coefficient (Wildman–Crippen LogP) is 3.77. The lowest BCUT2D eigenvalue weighted by atomic mass is 9.98. The molecule has 0 bridgehead atoms. The highest BCUT2D eigenvalue weighted by Crippen LogP contribution is 2.37. The SMILES string of the molecule is O=C(NCc1ccc(Cl)cc1)N1CCC(c2ccc3c(c2)OCO3)C1. The minimum absolute atomic E-state index is 0.0295. The molecule has 0 aromatic heterocycles. The number of rotatable bonds is 3. The van der Waals surface area contributed by atoms with E-state index >= 15 is 0 Å². The number of carbonyl (C=O) groups is 1. The highest BCUT2D eigenvalue weighted by molar-refractivity contribution is 6.30. The molecule has 130 valence electrons. The van der Waals surface area contributed by atoms with Gasteiger partial charge in [0.05, 0.1) is 0 Å². The minimum atomic E-state index is -0.0295. The smallest absolute Gasteiger partial charge is 0.317 e. The summed E-state index contributed by atoms with van der Waals surface area (Å²) in [5.41, 5.74) is 2.22. The predicted molar refractivity (Wildman–Crippen MR) is 95.2 cm³/mol. The average Bonchev–Trinajstić information content (AvgIpc) is 3.29. The monoisotopic (exact) mass is 358 g/mol. The maximum Gasteiger partial charge on any atom is 0.317 e. The van der Waals surface area contributed by atoms with Gasteiger partial charge in [-0.05, 0) is 41.8 Å². The number of hydrogen-bond acceptors (Lipinski definition) is 3. The second-order valence-corrected chi connectivity index (χ2v) is 6.77. The molecule has 5 nitrogen and oxygen atoms in total. The van der Waals surface area contributed by atoms with E-state index in [9.17, 15) is 4.79 Å². The van der Waals surface area contributed by atoms with Gasteiger partial charge in [-0.1, -0.05) is 29.8 Å². The van der Waals surface area contributed by atoms with Gasteiger partial charge < -0.3 is 19.7 Å². The lowest BCUT2D eigenvalue weighted by Gasteiger charge is -2.18. The quantitative estimate of drug-likeness (QED) is 0.908.